The lowest BCUT2D eigenvalue weighted by Gasteiger charge is -2.05. The molecule has 0 fully saturated rings. The Morgan fingerprint density at radius 2 is 1.74 bits per heavy atom. The number of aromatic nitrogens is 1. The van der Waals surface area contributed by atoms with Crippen molar-refractivity contribution in [3.63, 3.8) is 0 Å². The number of rotatable bonds is 3. The molecule has 2 N–H and O–H groups in total. The van der Waals surface area contributed by atoms with E-state index < -0.39 is 6.03 Å². The average Bonchev–Trinajstić information content (AvgIpc) is 2.98. The summed E-state index contributed by atoms with van der Waals surface area (Å²) in [4.78, 5) is 16.3. The van der Waals surface area contributed by atoms with Crippen molar-refractivity contribution in [2.45, 2.75) is 0 Å². The highest BCUT2D eigenvalue weighted by Gasteiger charge is 2.08. The number of hydrogen-bond donors (Lipinski definition) is 2. The summed E-state index contributed by atoms with van der Waals surface area (Å²) in [7, 11) is 0. The molecule has 0 radical (unpaired) electrons. The lowest BCUT2D eigenvalue weighted by molar-refractivity contribution is 0.262. The number of hydrogen-bond acceptors (Lipinski definition) is 3. The van der Waals surface area contributed by atoms with E-state index in [9.17, 15) is 9.18 Å². The quantitative estimate of drug-likeness (QED) is 0.552. The summed E-state index contributed by atoms with van der Waals surface area (Å²) in [6, 6.07) is 13.1. The van der Waals surface area contributed by atoms with Crippen LogP contribution in [0.1, 0.15) is 0 Å². The molecule has 1 heterocycles. The molecule has 0 spiro atoms. The van der Waals surface area contributed by atoms with E-state index in [1.807, 2.05) is 29.6 Å². The molecule has 2 aromatic carbocycles. The van der Waals surface area contributed by atoms with E-state index in [0.717, 1.165) is 14.8 Å². The maximum Gasteiger partial charge on any atom is 0.325 e. The third kappa shape index (κ3) is 4.26. The molecule has 4 nitrogen and oxygen atoms in total. The second-order valence-electron chi connectivity index (χ2n) is 4.63. The van der Waals surface area contributed by atoms with Gasteiger partial charge in [-0.1, -0.05) is 12.1 Å². The predicted octanol–water partition coefficient (Wildman–Crippen LogP) is 5.20. The van der Waals surface area contributed by atoms with Crippen LogP contribution >= 0.6 is 33.9 Å². The van der Waals surface area contributed by atoms with Gasteiger partial charge >= 0.3 is 6.03 Å². The second kappa shape index (κ2) is 7.05. The van der Waals surface area contributed by atoms with Gasteiger partial charge in [-0.05, 0) is 59.0 Å². The number of urea groups is 1. The summed E-state index contributed by atoms with van der Waals surface area (Å²) in [5.41, 5.74) is 2.32. The second-order valence-corrected chi connectivity index (χ2v) is 6.73. The number of nitrogens with one attached hydrogen (secondary N) is 2. The van der Waals surface area contributed by atoms with Crippen LogP contribution in [-0.4, -0.2) is 11.0 Å². The lowest BCUT2D eigenvalue weighted by atomic mass is 10.2. The number of thiazole rings is 1. The van der Waals surface area contributed by atoms with Crippen molar-refractivity contribution in [2.75, 3.05) is 10.6 Å². The number of anilines is 2. The van der Waals surface area contributed by atoms with Crippen molar-refractivity contribution in [2.24, 2.45) is 0 Å². The number of halogens is 2. The summed E-state index contributed by atoms with van der Waals surface area (Å²) >= 11 is 3.59. The Hall–Kier alpha value is -2.00. The zero-order valence-corrected chi connectivity index (χ0v) is 14.7. The maximum atomic E-state index is 12.8. The monoisotopic (exact) mass is 439 g/mol. The van der Waals surface area contributed by atoms with Crippen molar-refractivity contribution >= 4 is 50.8 Å². The van der Waals surface area contributed by atoms with E-state index in [0.29, 0.717) is 10.8 Å². The van der Waals surface area contributed by atoms with Gasteiger partial charge in [-0.15, -0.1) is 11.3 Å². The van der Waals surface area contributed by atoms with Crippen molar-refractivity contribution in [3.8, 4) is 11.3 Å². The van der Waals surface area contributed by atoms with Gasteiger partial charge < -0.3 is 5.32 Å². The van der Waals surface area contributed by atoms with Crippen molar-refractivity contribution in [1.82, 2.24) is 4.98 Å². The number of benzene rings is 2. The van der Waals surface area contributed by atoms with Crippen LogP contribution in [0.25, 0.3) is 11.3 Å². The van der Waals surface area contributed by atoms with Crippen LogP contribution in [-0.2, 0) is 0 Å². The molecule has 1 aromatic heterocycles. The maximum absolute atomic E-state index is 12.8. The highest BCUT2D eigenvalue weighted by atomic mass is 127. The van der Waals surface area contributed by atoms with Crippen LogP contribution in [0.15, 0.2) is 53.9 Å². The Kier molecular flexibility index (Phi) is 4.87. The van der Waals surface area contributed by atoms with Gasteiger partial charge in [0.1, 0.15) is 5.82 Å². The molecule has 2 amide bonds. The Balaban J connectivity index is 1.65. The molecule has 0 aliphatic carbocycles. The topological polar surface area (TPSA) is 54.0 Å². The van der Waals surface area contributed by atoms with Gasteiger partial charge in [0.2, 0.25) is 0 Å². The van der Waals surface area contributed by atoms with Crippen LogP contribution in [0.5, 0.6) is 0 Å². The van der Waals surface area contributed by atoms with Gasteiger partial charge in [0.15, 0.2) is 5.13 Å². The first kappa shape index (κ1) is 15.9. The Labute approximate surface area is 149 Å². The number of carbonyl (C=O) groups is 1. The van der Waals surface area contributed by atoms with Gasteiger partial charge in [0, 0.05) is 20.2 Å². The number of amides is 2. The van der Waals surface area contributed by atoms with Crippen LogP contribution in [0.2, 0.25) is 0 Å². The first-order valence-electron chi connectivity index (χ1n) is 6.65. The summed E-state index contributed by atoms with van der Waals surface area (Å²) in [5, 5.41) is 7.67. The third-order valence-corrected chi connectivity index (χ3v) is 4.44. The van der Waals surface area contributed by atoms with E-state index in [4.69, 9.17) is 0 Å². The standard InChI is InChI=1S/C16H11FIN3OS/c17-11-3-7-13(8-4-11)19-15(22)21-16-20-14(9-23-16)10-1-5-12(18)6-2-10/h1-9H,(H2,19,20,21,22). The zero-order chi connectivity index (χ0) is 16.2. The molecular formula is C16H11FIN3OS. The first-order valence-corrected chi connectivity index (χ1v) is 8.61. The third-order valence-electron chi connectivity index (χ3n) is 2.97. The van der Waals surface area contributed by atoms with E-state index in [-0.39, 0.29) is 5.82 Å². The number of carbonyl (C=O) groups excluding carboxylic acids is 1. The van der Waals surface area contributed by atoms with E-state index >= 15 is 0 Å². The van der Waals surface area contributed by atoms with Gasteiger partial charge in [-0.3, -0.25) is 5.32 Å². The minimum absolute atomic E-state index is 0.349. The van der Waals surface area contributed by atoms with Gasteiger partial charge in [-0.25, -0.2) is 14.2 Å². The fraction of sp³-hybridized carbons (Fsp3) is 0. The van der Waals surface area contributed by atoms with Gasteiger partial charge in [0.25, 0.3) is 0 Å². The molecule has 3 rings (SSSR count). The minimum atomic E-state index is -0.417. The normalized spacial score (nSPS) is 10.3. The van der Waals surface area contributed by atoms with Crippen molar-refractivity contribution in [1.29, 1.82) is 0 Å². The van der Waals surface area contributed by atoms with E-state index in [1.165, 1.54) is 35.6 Å². The van der Waals surface area contributed by atoms with E-state index in [2.05, 4.69) is 38.2 Å². The van der Waals surface area contributed by atoms with Gasteiger partial charge in [0.05, 0.1) is 5.69 Å². The minimum Gasteiger partial charge on any atom is -0.308 e. The molecule has 0 unspecified atom stereocenters. The highest BCUT2D eigenvalue weighted by Crippen LogP contribution is 2.25. The SMILES string of the molecule is O=C(Nc1ccc(F)cc1)Nc1nc(-c2ccc(I)cc2)cs1. The van der Waals surface area contributed by atoms with E-state index in [1.54, 1.807) is 0 Å². The molecule has 0 saturated heterocycles. The highest BCUT2D eigenvalue weighted by molar-refractivity contribution is 14.1. The van der Waals surface area contributed by atoms with Crippen LogP contribution in [0, 0.1) is 9.39 Å². The molecule has 116 valence electrons. The molecule has 3 aromatic rings. The molecular weight excluding hydrogens is 428 g/mol. The Morgan fingerprint density at radius 3 is 2.43 bits per heavy atom. The fourth-order valence-electron chi connectivity index (χ4n) is 1.88. The molecule has 7 heteroatoms. The van der Waals surface area contributed by atoms with Crippen LogP contribution < -0.4 is 10.6 Å². The molecule has 0 bridgehead atoms. The Bertz CT molecular complexity index is 818. The van der Waals surface area contributed by atoms with Crippen LogP contribution in [0.3, 0.4) is 0 Å². The zero-order valence-electron chi connectivity index (χ0n) is 11.7. The molecule has 0 aliphatic heterocycles. The smallest absolute Gasteiger partial charge is 0.308 e. The number of nitrogens with zero attached hydrogens (tertiary/aromatic N) is 1. The summed E-state index contributed by atoms with van der Waals surface area (Å²) < 4.78 is 14.0. The fourth-order valence-corrected chi connectivity index (χ4v) is 2.95. The summed E-state index contributed by atoms with van der Waals surface area (Å²) in [6.07, 6.45) is 0. The average molecular weight is 439 g/mol. The molecule has 0 atom stereocenters. The van der Waals surface area contributed by atoms with Crippen LogP contribution in [0.4, 0.5) is 20.0 Å². The molecule has 0 aliphatic rings. The first-order chi connectivity index (χ1) is 11.1. The largest absolute Gasteiger partial charge is 0.325 e. The Morgan fingerprint density at radius 1 is 1.04 bits per heavy atom. The van der Waals surface area contributed by atoms with Crippen molar-refractivity contribution < 1.29 is 9.18 Å². The summed E-state index contributed by atoms with van der Waals surface area (Å²) in [6.45, 7) is 0. The lowest BCUT2D eigenvalue weighted by Crippen LogP contribution is -2.19. The van der Waals surface area contributed by atoms with Crippen molar-refractivity contribution in [3.05, 3.63) is 63.3 Å². The summed E-state index contributed by atoms with van der Waals surface area (Å²) in [5.74, 6) is -0.349. The molecule has 0 saturated carbocycles. The molecule has 23 heavy (non-hydrogen) atoms. The predicted molar refractivity (Wildman–Crippen MR) is 99.3 cm³/mol. The van der Waals surface area contributed by atoms with Gasteiger partial charge in [-0.2, -0.15) is 0 Å².